The Morgan fingerprint density at radius 2 is 1.53 bits per heavy atom. The van der Waals surface area contributed by atoms with Gasteiger partial charge in [-0.1, -0.05) is 106 Å². The van der Waals surface area contributed by atoms with E-state index in [-0.39, 0.29) is 7.43 Å². The first-order chi connectivity index (χ1) is 18.0. The molecule has 4 aliphatic rings. The fourth-order valence-electron chi connectivity index (χ4n) is 8.09. The monoisotopic (exact) mass is 600 g/mol. The molecule has 38 heavy (non-hydrogen) atoms. The fourth-order valence-corrected chi connectivity index (χ4v) is 12.8. The van der Waals surface area contributed by atoms with Crippen LogP contribution in [0, 0.1) is 31.1 Å². The van der Waals surface area contributed by atoms with Crippen molar-refractivity contribution in [3.8, 4) is 0 Å². The summed E-state index contributed by atoms with van der Waals surface area (Å²) >= 11 is -0.556. The Bertz CT molecular complexity index is 1100. The molecule has 2 fully saturated rings. The predicted molar refractivity (Wildman–Crippen MR) is 166 cm³/mol. The zero-order valence-corrected chi connectivity index (χ0v) is 27.4. The molecule has 4 atom stereocenters. The molecule has 2 aromatic carbocycles. The maximum atomic E-state index is 5.05. The summed E-state index contributed by atoms with van der Waals surface area (Å²) in [5, 5.41) is 5.05. The van der Waals surface area contributed by atoms with Gasteiger partial charge in [0.25, 0.3) is 0 Å². The summed E-state index contributed by atoms with van der Waals surface area (Å²) in [5.41, 5.74) is 7.45. The van der Waals surface area contributed by atoms with E-state index in [2.05, 4.69) is 91.3 Å². The van der Waals surface area contributed by atoms with E-state index < -0.39 is 25.3 Å². The van der Waals surface area contributed by atoms with E-state index >= 15 is 0 Å². The van der Waals surface area contributed by atoms with Crippen molar-refractivity contribution >= 4 is 49.6 Å². The van der Waals surface area contributed by atoms with Gasteiger partial charge in [-0.2, -0.15) is 0 Å². The molecule has 3 aliphatic carbocycles. The maximum absolute atomic E-state index is 5.05. The van der Waals surface area contributed by atoms with Crippen molar-refractivity contribution in [2.45, 2.75) is 70.5 Å². The molecule has 0 saturated heterocycles. The molecule has 2 nitrogen and oxygen atoms in total. The quantitative estimate of drug-likeness (QED) is 0.252. The Hall–Kier alpha value is -0.969. The van der Waals surface area contributed by atoms with Crippen LogP contribution < -0.4 is 4.57 Å². The van der Waals surface area contributed by atoms with Gasteiger partial charge >= 0.3 is 35.6 Å². The summed E-state index contributed by atoms with van der Waals surface area (Å²) in [6.07, 6.45) is 17.4. The van der Waals surface area contributed by atoms with E-state index in [1.165, 1.54) is 56.3 Å². The minimum absolute atomic E-state index is 0. The SMILES string of the molecule is CC[C@@H]1C[C@@H]2C(C3CCCCC3)=CC=C[C@@H]2C1[Si](C)(C)N1c2ccccc2[N-]c2ccccc21.[CH3-].[Cl][Ti][Cl]. The second-order valence-electron chi connectivity index (χ2n) is 11.6. The van der Waals surface area contributed by atoms with Crippen LogP contribution in [0.4, 0.5) is 22.7 Å². The van der Waals surface area contributed by atoms with Crippen LogP contribution in [0.15, 0.2) is 72.3 Å². The standard InChI is InChI=1S/C31H39N2Si.CH3.2ClH.Ti/c1-4-22-21-26-24(23-13-6-5-7-14-23)15-12-16-25(26)31(22)34(2,3)33-29-19-10-8-17-27(29)32-28-18-9-11-20-30(28)33;;;;/h8-12,15-20,22-23,25-26,31H,4-7,13-14,21H2,1-3H3;1H3;2*1H;/q2*-1;;;+2/p-2/t22-,25+,26-,31?;;;;/m1..../s1. The van der Waals surface area contributed by atoms with Crippen LogP contribution in [0.3, 0.4) is 0 Å². The zero-order valence-electron chi connectivity index (χ0n) is 23.3. The number of para-hydroxylation sites is 4. The van der Waals surface area contributed by atoms with Gasteiger partial charge in [0.1, 0.15) is 0 Å². The van der Waals surface area contributed by atoms with E-state index in [9.17, 15) is 0 Å². The molecule has 1 unspecified atom stereocenters. The van der Waals surface area contributed by atoms with Crippen LogP contribution in [0.2, 0.25) is 18.6 Å². The molecular weight excluding hydrogens is 559 g/mol. The van der Waals surface area contributed by atoms with Gasteiger partial charge in [0, 0.05) is 11.4 Å². The first kappa shape index (κ1) is 30.0. The average Bonchev–Trinajstić information content (AvgIpc) is 3.32. The molecule has 2 aromatic rings. The third-order valence-electron chi connectivity index (χ3n) is 9.47. The third kappa shape index (κ3) is 5.61. The van der Waals surface area contributed by atoms with Crippen molar-refractivity contribution in [2.24, 2.45) is 23.7 Å². The Kier molecular flexibility index (Phi) is 10.4. The number of hydrogen-bond donors (Lipinski definition) is 0. The average molecular weight is 602 g/mol. The fraction of sp³-hybridized carbons (Fsp3) is 0.469. The third-order valence-corrected chi connectivity index (χ3v) is 13.6. The molecule has 1 aliphatic heterocycles. The summed E-state index contributed by atoms with van der Waals surface area (Å²) in [6.45, 7) is 7.74. The van der Waals surface area contributed by atoms with Gasteiger partial charge in [-0.25, -0.2) is 0 Å². The van der Waals surface area contributed by atoms with Crippen LogP contribution in [-0.4, -0.2) is 8.24 Å². The van der Waals surface area contributed by atoms with Crippen LogP contribution in [0.1, 0.15) is 51.9 Å². The van der Waals surface area contributed by atoms with Crippen molar-refractivity contribution in [3.63, 3.8) is 0 Å². The number of rotatable bonds is 4. The molecule has 204 valence electrons. The number of nitrogens with zero attached hydrogens (tertiary/aromatic N) is 2. The number of allylic oxidation sites excluding steroid dienone is 4. The molecule has 6 rings (SSSR count). The van der Waals surface area contributed by atoms with Crippen molar-refractivity contribution in [1.82, 2.24) is 0 Å². The number of fused-ring (bicyclic) bond motifs is 3. The number of anilines is 2. The Balaban J connectivity index is 0.000000804. The first-order valence-corrected chi connectivity index (χ1v) is 21.4. The van der Waals surface area contributed by atoms with Crippen LogP contribution in [0.25, 0.3) is 5.32 Å². The van der Waals surface area contributed by atoms with E-state index in [0.717, 1.165) is 34.7 Å². The van der Waals surface area contributed by atoms with Crippen LogP contribution >= 0.6 is 18.6 Å². The second kappa shape index (κ2) is 13.1. The molecule has 2 saturated carbocycles. The topological polar surface area (TPSA) is 17.3 Å². The minimum atomic E-state index is -1.95. The number of benzene rings is 2. The summed E-state index contributed by atoms with van der Waals surface area (Å²) in [4.78, 5) is 0. The normalized spacial score (nSPS) is 25.9. The van der Waals surface area contributed by atoms with Gasteiger partial charge in [0.15, 0.2) is 8.24 Å². The molecule has 0 spiro atoms. The molecule has 0 aromatic heterocycles. The van der Waals surface area contributed by atoms with Gasteiger partial charge in [-0.05, 0) is 60.6 Å². The molecule has 0 amide bonds. The summed E-state index contributed by atoms with van der Waals surface area (Å²) in [7, 11) is 7.83. The molecular formula is C32H42Cl2N2SiTi-2. The van der Waals surface area contributed by atoms with E-state index in [0.29, 0.717) is 5.92 Å². The van der Waals surface area contributed by atoms with E-state index in [1.807, 2.05) is 5.57 Å². The Morgan fingerprint density at radius 1 is 0.947 bits per heavy atom. The molecule has 6 heteroatoms. The molecule has 1 heterocycles. The zero-order chi connectivity index (χ0) is 26.0. The predicted octanol–water partition coefficient (Wildman–Crippen LogP) is 11.6. The van der Waals surface area contributed by atoms with Gasteiger partial charge in [0.2, 0.25) is 0 Å². The van der Waals surface area contributed by atoms with Crippen molar-refractivity contribution in [3.05, 3.63) is 85.1 Å². The van der Waals surface area contributed by atoms with Gasteiger partial charge in [-0.3, -0.25) is 0 Å². The van der Waals surface area contributed by atoms with Crippen LogP contribution in [-0.2, 0) is 17.0 Å². The molecule has 0 bridgehead atoms. The van der Waals surface area contributed by atoms with Crippen molar-refractivity contribution in [2.75, 3.05) is 4.57 Å². The first-order valence-electron chi connectivity index (χ1n) is 14.1. The summed E-state index contributed by atoms with van der Waals surface area (Å²) in [5.74, 6) is 3.08. The van der Waals surface area contributed by atoms with Gasteiger partial charge in [-0.15, -0.1) is 11.4 Å². The van der Waals surface area contributed by atoms with Gasteiger partial charge < -0.3 is 17.3 Å². The number of hydrogen-bond acceptors (Lipinski definition) is 1. The number of halogens is 2. The van der Waals surface area contributed by atoms with E-state index in [4.69, 9.17) is 23.9 Å². The molecule has 0 radical (unpaired) electrons. The summed E-state index contributed by atoms with van der Waals surface area (Å²) < 4.78 is 2.78. The van der Waals surface area contributed by atoms with Crippen molar-refractivity contribution < 1.29 is 17.0 Å². The van der Waals surface area contributed by atoms with Crippen LogP contribution in [0.5, 0.6) is 0 Å². The molecule has 0 N–H and O–H groups in total. The second-order valence-corrected chi connectivity index (χ2v) is 18.7. The van der Waals surface area contributed by atoms with Crippen molar-refractivity contribution in [1.29, 1.82) is 0 Å². The summed E-state index contributed by atoms with van der Waals surface area (Å²) in [6, 6.07) is 17.7. The Morgan fingerprint density at radius 3 is 2.11 bits per heavy atom. The van der Waals surface area contributed by atoms with E-state index in [1.54, 1.807) is 0 Å². The van der Waals surface area contributed by atoms with Gasteiger partial charge in [0.05, 0.1) is 0 Å². The Labute approximate surface area is 249 Å².